The molecule has 2 heterocycles. The molecule has 0 unspecified atom stereocenters. The van der Waals surface area contributed by atoms with Gasteiger partial charge in [0.1, 0.15) is 0 Å². The first-order valence-corrected chi connectivity index (χ1v) is 10.5. The lowest BCUT2D eigenvalue weighted by Crippen LogP contribution is -2.25. The topological polar surface area (TPSA) is 84.9 Å². The Labute approximate surface area is 157 Å². The van der Waals surface area contributed by atoms with Gasteiger partial charge in [0.25, 0.3) is 5.91 Å². The molecule has 0 saturated carbocycles. The van der Waals surface area contributed by atoms with Crippen molar-refractivity contribution in [1.29, 1.82) is 0 Å². The van der Waals surface area contributed by atoms with Gasteiger partial charge in [0.2, 0.25) is 10.0 Å². The summed E-state index contributed by atoms with van der Waals surface area (Å²) in [6, 6.07) is 11.8. The van der Waals surface area contributed by atoms with Crippen molar-refractivity contribution in [3.05, 3.63) is 48.0 Å². The second kappa shape index (κ2) is 7.11. The number of sulfonamides is 1. The van der Waals surface area contributed by atoms with E-state index in [4.69, 9.17) is 9.47 Å². The number of amides is 1. The minimum Gasteiger partial charge on any atom is -0.490 e. The maximum atomic E-state index is 12.5. The van der Waals surface area contributed by atoms with Crippen LogP contribution in [0.1, 0.15) is 23.2 Å². The normalized spacial score (nSPS) is 18.0. The van der Waals surface area contributed by atoms with Crippen molar-refractivity contribution < 1.29 is 22.7 Å². The van der Waals surface area contributed by atoms with Crippen LogP contribution in [0.2, 0.25) is 0 Å². The Morgan fingerprint density at radius 1 is 0.963 bits per heavy atom. The average molecular weight is 388 g/mol. The summed E-state index contributed by atoms with van der Waals surface area (Å²) in [5.74, 6) is 1.17. The van der Waals surface area contributed by atoms with E-state index < -0.39 is 10.0 Å². The molecule has 1 fully saturated rings. The van der Waals surface area contributed by atoms with Crippen LogP contribution >= 0.6 is 0 Å². The summed E-state index contributed by atoms with van der Waals surface area (Å²) in [5, 5.41) is 2.83. The van der Waals surface area contributed by atoms with E-state index in [1.807, 2.05) is 0 Å². The zero-order chi connectivity index (χ0) is 18.9. The van der Waals surface area contributed by atoms with Crippen LogP contribution in [0.4, 0.5) is 11.4 Å². The molecule has 0 bridgehead atoms. The Hall–Kier alpha value is -2.74. The molecular weight excluding hydrogens is 368 g/mol. The number of nitrogens with one attached hydrogen (secondary N) is 1. The van der Waals surface area contributed by atoms with Gasteiger partial charge in [0.05, 0.1) is 24.7 Å². The van der Waals surface area contributed by atoms with E-state index in [0.717, 1.165) is 6.42 Å². The zero-order valence-corrected chi connectivity index (χ0v) is 15.5. The third-order valence-electron chi connectivity index (χ3n) is 4.52. The fraction of sp³-hybridized carbons (Fsp3) is 0.316. The molecule has 0 spiro atoms. The largest absolute Gasteiger partial charge is 0.490 e. The average Bonchev–Trinajstić information content (AvgIpc) is 2.87. The number of hydrogen-bond acceptors (Lipinski definition) is 5. The molecule has 2 aliphatic heterocycles. The molecular formula is C19H20N2O5S. The third kappa shape index (κ3) is 3.71. The number of hydrogen-bond donors (Lipinski definition) is 1. The minimum absolute atomic E-state index is 0.166. The van der Waals surface area contributed by atoms with E-state index >= 15 is 0 Å². The number of rotatable bonds is 3. The molecule has 1 amide bonds. The molecule has 2 aliphatic rings. The van der Waals surface area contributed by atoms with E-state index in [9.17, 15) is 13.2 Å². The number of fused-ring (bicyclic) bond motifs is 1. The molecule has 142 valence electrons. The van der Waals surface area contributed by atoms with Gasteiger partial charge in [-0.25, -0.2) is 8.42 Å². The second-order valence-corrected chi connectivity index (χ2v) is 8.47. The number of carbonyl (C=O) groups is 1. The summed E-state index contributed by atoms with van der Waals surface area (Å²) in [6.45, 7) is 1.66. The van der Waals surface area contributed by atoms with Gasteiger partial charge < -0.3 is 14.8 Å². The van der Waals surface area contributed by atoms with Crippen molar-refractivity contribution in [3.8, 4) is 11.5 Å². The Bertz CT molecular complexity index is 957. The van der Waals surface area contributed by atoms with E-state index in [1.54, 1.807) is 42.5 Å². The highest BCUT2D eigenvalue weighted by atomic mass is 32.2. The van der Waals surface area contributed by atoms with Crippen LogP contribution < -0.4 is 19.1 Å². The molecule has 0 atom stereocenters. The molecule has 7 nitrogen and oxygen atoms in total. The maximum Gasteiger partial charge on any atom is 0.255 e. The molecule has 0 aliphatic carbocycles. The second-order valence-electron chi connectivity index (χ2n) is 6.45. The number of nitrogens with zero attached hydrogens (tertiary/aromatic N) is 1. The highest BCUT2D eigenvalue weighted by Crippen LogP contribution is 2.32. The highest BCUT2D eigenvalue weighted by molar-refractivity contribution is 7.93. The van der Waals surface area contributed by atoms with Crippen molar-refractivity contribution >= 4 is 27.3 Å². The Kier molecular flexibility index (Phi) is 4.65. The van der Waals surface area contributed by atoms with Crippen LogP contribution in [0, 0.1) is 0 Å². The molecule has 4 rings (SSSR count). The summed E-state index contributed by atoms with van der Waals surface area (Å²) < 4.78 is 36.6. The lowest BCUT2D eigenvalue weighted by molar-refractivity contribution is 0.102. The van der Waals surface area contributed by atoms with Gasteiger partial charge in [-0.15, -0.1) is 0 Å². The van der Waals surface area contributed by atoms with Crippen LogP contribution in [0.5, 0.6) is 11.5 Å². The van der Waals surface area contributed by atoms with Gasteiger partial charge >= 0.3 is 0 Å². The number of ether oxygens (including phenoxy) is 2. The zero-order valence-electron chi connectivity index (χ0n) is 14.7. The van der Waals surface area contributed by atoms with Crippen LogP contribution in [-0.4, -0.2) is 39.8 Å². The molecule has 1 N–H and O–H groups in total. The predicted molar refractivity (Wildman–Crippen MR) is 102 cm³/mol. The van der Waals surface area contributed by atoms with E-state index in [2.05, 4.69) is 5.32 Å². The molecule has 2 aromatic rings. The third-order valence-corrected chi connectivity index (χ3v) is 6.39. The van der Waals surface area contributed by atoms with Gasteiger partial charge in [-0.1, -0.05) is 0 Å². The lowest BCUT2D eigenvalue weighted by Gasteiger charge is -2.17. The van der Waals surface area contributed by atoms with Crippen molar-refractivity contribution in [3.63, 3.8) is 0 Å². The molecule has 2 aromatic carbocycles. The van der Waals surface area contributed by atoms with Crippen LogP contribution in [-0.2, 0) is 10.0 Å². The summed E-state index contributed by atoms with van der Waals surface area (Å²) in [7, 11) is -3.23. The van der Waals surface area contributed by atoms with Crippen molar-refractivity contribution in [2.24, 2.45) is 0 Å². The quantitative estimate of drug-likeness (QED) is 0.874. The van der Waals surface area contributed by atoms with Gasteiger partial charge in [-0.2, -0.15) is 0 Å². The minimum atomic E-state index is -3.23. The molecule has 27 heavy (non-hydrogen) atoms. The van der Waals surface area contributed by atoms with Crippen molar-refractivity contribution in [2.45, 2.75) is 12.8 Å². The summed E-state index contributed by atoms with van der Waals surface area (Å²) in [6.07, 6.45) is 1.43. The first-order chi connectivity index (χ1) is 13.0. The Morgan fingerprint density at radius 3 is 2.41 bits per heavy atom. The maximum absolute atomic E-state index is 12.5. The number of carbonyl (C=O) groups excluding carboxylic acids is 1. The number of benzene rings is 2. The van der Waals surface area contributed by atoms with Gasteiger partial charge in [0, 0.05) is 30.3 Å². The van der Waals surface area contributed by atoms with Gasteiger partial charge in [0.15, 0.2) is 11.5 Å². The van der Waals surface area contributed by atoms with Crippen LogP contribution in [0.25, 0.3) is 0 Å². The lowest BCUT2D eigenvalue weighted by atomic mass is 10.2. The van der Waals surface area contributed by atoms with Gasteiger partial charge in [-0.3, -0.25) is 9.10 Å². The summed E-state index contributed by atoms with van der Waals surface area (Å²) in [5.41, 5.74) is 1.64. The van der Waals surface area contributed by atoms with Crippen molar-refractivity contribution in [1.82, 2.24) is 0 Å². The van der Waals surface area contributed by atoms with Crippen LogP contribution in [0.15, 0.2) is 42.5 Å². The van der Waals surface area contributed by atoms with Crippen molar-refractivity contribution in [2.75, 3.05) is 35.1 Å². The molecule has 0 aromatic heterocycles. The fourth-order valence-electron chi connectivity index (χ4n) is 3.15. The summed E-state index contributed by atoms with van der Waals surface area (Å²) in [4.78, 5) is 12.5. The molecule has 1 saturated heterocycles. The highest BCUT2D eigenvalue weighted by Gasteiger charge is 2.28. The van der Waals surface area contributed by atoms with Gasteiger partial charge in [-0.05, 0) is 42.8 Å². The van der Waals surface area contributed by atoms with E-state index in [0.29, 0.717) is 54.6 Å². The first kappa shape index (κ1) is 17.7. The smallest absolute Gasteiger partial charge is 0.255 e. The number of anilines is 2. The molecule has 0 radical (unpaired) electrons. The Balaban J connectivity index is 1.48. The van der Waals surface area contributed by atoms with E-state index in [1.165, 1.54) is 4.31 Å². The fourth-order valence-corrected chi connectivity index (χ4v) is 4.72. The molecule has 8 heteroatoms. The Morgan fingerprint density at radius 2 is 1.70 bits per heavy atom. The SMILES string of the molecule is O=C(Nc1ccc2c(c1)OCCCO2)c1ccc(N2CCCS2(=O)=O)cc1. The van der Waals surface area contributed by atoms with E-state index in [-0.39, 0.29) is 11.7 Å². The monoisotopic (exact) mass is 388 g/mol. The summed E-state index contributed by atoms with van der Waals surface area (Å²) >= 11 is 0. The first-order valence-electron chi connectivity index (χ1n) is 8.84. The van der Waals surface area contributed by atoms with Crippen LogP contribution in [0.3, 0.4) is 0 Å². The standard InChI is InChI=1S/C19H20N2O5S/c22-19(20-15-5-8-17-18(13-15)26-11-2-10-25-17)14-3-6-16(7-4-14)21-9-1-12-27(21,23)24/h3-8,13H,1-2,9-12H2,(H,20,22). The predicted octanol–water partition coefficient (Wildman–Crippen LogP) is 2.64.